The molecule has 32 heavy (non-hydrogen) atoms. The molecule has 0 aliphatic carbocycles. The molecule has 0 unspecified atom stereocenters. The number of nitrogens with one attached hydrogen (secondary N) is 1. The van der Waals surface area contributed by atoms with Gasteiger partial charge in [0.2, 0.25) is 11.7 Å². The molecule has 158 valence electrons. The number of fused-ring (bicyclic) bond motifs is 2. The molecule has 0 amide bonds. The Morgan fingerprint density at radius 3 is 2.75 bits per heavy atom. The van der Waals surface area contributed by atoms with E-state index in [-0.39, 0.29) is 11.9 Å². The SMILES string of the molecule is Fc1ccc(CN2Cc3[nH]cnc3C[C@H]2c2nc(-c3ccc4ccccc4c3)no2)cc1. The summed E-state index contributed by atoms with van der Waals surface area (Å²) in [5.74, 6) is 0.890. The van der Waals surface area contributed by atoms with E-state index in [2.05, 4.69) is 44.3 Å². The predicted octanol–water partition coefficient (Wildman–Crippen LogP) is 5.05. The molecule has 0 radical (unpaired) electrons. The predicted molar refractivity (Wildman–Crippen MR) is 118 cm³/mol. The third-order valence-electron chi connectivity index (χ3n) is 6.03. The van der Waals surface area contributed by atoms with Crippen LogP contribution in [0.25, 0.3) is 22.2 Å². The van der Waals surface area contributed by atoms with Crippen molar-refractivity contribution < 1.29 is 8.91 Å². The van der Waals surface area contributed by atoms with Crippen molar-refractivity contribution in [3.05, 3.63) is 102 Å². The highest BCUT2D eigenvalue weighted by Gasteiger charge is 2.33. The Kier molecular flexibility index (Phi) is 4.54. The molecule has 5 aromatic rings. The lowest BCUT2D eigenvalue weighted by molar-refractivity contribution is 0.128. The summed E-state index contributed by atoms with van der Waals surface area (Å²) in [6, 6.07) is 20.8. The number of imidazole rings is 1. The minimum absolute atomic E-state index is 0.113. The third kappa shape index (κ3) is 3.46. The van der Waals surface area contributed by atoms with E-state index in [1.807, 2.05) is 30.3 Å². The van der Waals surface area contributed by atoms with Gasteiger partial charge in [0.05, 0.1) is 23.8 Å². The molecule has 1 aliphatic rings. The van der Waals surface area contributed by atoms with Gasteiger partial charge < -0.3 is 9.51 Å². The smallest absolute Gasteiger partial charge is 0.244 e. The highest BCUT2D eigenvalue weighted by Crippen LogP contribution is 2.33. The Bertz CT molecular complexity index is 1390. The third-order valence-corrected chi connectivity index (χ3v) is 6.03. The van der Waals surface area contributed by atoms with Gasteiger partial charge in [0, 0.05) is 25.1 Å². The Hall–Kier alpha value is -3.84. The number of hydrogen-bond donors (Lipinski definition) is 1. The van der Waals surface area contributed by atoms with Crippen LogP contribution in [0.5, 0.6) is 0 Å². The van der Waals surface area contributed by atoms with Gasteiger partial charge >= 0.3 is 0 Å². The minimum Gasteiger partial charge on any atom is -0.347 e. The normalized spacial score (nSPS) is 16.3. The molecule has 7 heteroatoms. The van der Waals surface area contributed by atoms with Crippen LogP contribution in [0, 0.1) is 5.82 Å². The van der Waals surface area contributed by atoms with E-state index < -0.39 is 0 Å². The van der Waals surface area contributed by atoms with Crippen molar-refractivity contribution >= 4 is 10.8 Å². The van der Waals surface area contributed by atoms with Gasteiger partial charge in [-0.25, -0.2) is 9.37 Å². The van der Waals surface area contributed by atoms with E-state index in [4.69, 9.17) is 9.51 Å². The first-order valence-corrected chi connectivity index (χ1v) is 10.6. The second-order valence-corrected chi connectivity index (χ2v) is 8.10. The molecule has 6 rings (SSSR count). The summed E-state index contributed by atoms with van der Waals surface area (Å²) in [6.07, 6.45) is 2.39. The fourth-order valence-corrected chi connectivity index (χ4v) is 4.34. The molecular formula is C25H20FN5O. The number of hydrogen-bond acceptors (Lipinski definition) is 5. The summed E-state index contributed by atoms with van der Waals surface area (Å²) in [5.41, 5.74) is 4.03. The fraction of sp³-hybridized carbons (Fsp3) is 0.160. The standard InChI is InChI=1S/C25H20FN5O/c26-20-9-5-16(6-10-20)13-31-14-22-21(27-15-28-22)12-23(31)25-29-24(30-32-25)19-8-7-17-3-1-2-4-18(17)11-19/h1-11,15,23H,12-14H2,(H,27,28)/t23-/m0/s1. The Morgan fingerprint density at radius 1 is 1.03 bits per heavy atom. The molecule has 0 spiro atoms. The van der Waals surface area contributed by atoms with Gasteiger partial charge in [-0.1, -0.05) is 53.7 Å². The van der Waals surface area contributed by atoms with Crippen LogP contribution in [0.15, 0.2) is 77.6 Å². The second-order valence-electron chi connectivity index (χ2n) is 8.10. The molecule has 3 heterocycles. The topological polar surface area (TPSA) is 70.8 Å². The van der Waals surface area contributed by atoms with E-state index in [0.717, 1.165) is 27.9 Å². The van der Waals surface area contributed by atoms with Crippen molar-refractivity contribution in [3.63, 3.8) is 0 Å². The summed E-state index contributed by atoms with van der Waals surface area (Å²) in [7, 11) is 0. The molecule has 0 saturated carbocycles. The van der Waals surface area contributed by atoms with Gasteiger partial charge in [-0.15, -0.1) is 0 Å². The number of aromatic nitrogens is 4. The minimum atomic E-state index is -0.239. The van der Waals surface area contributed by atoms with E-state index >= 15 is 0 Å². The number of rotatable bonds is 4. The molecule has 0 bridgehead atoms. The highest BCUT2D eigenvalue weighted by molar-refractivity contribution is 5.86. The first-order chi connectivity index (χ1) is 15.7. The maximum absolute atomic E-state index is 13.4. The first-order valence-electron chi connectivity index (χ1n) is 10.6. The van der Waals surface area contributed by atoms with Crippen LogP contribution in [0.3, 0.4) is 0 Å². The van der Waals surface area contributed by atoms with Crippen molar-refractivity contribution in [2.45, 2.75) is 25.6 Å². The number of halogens is 1. The number of nitrogens with zero attached hydrogens (tertiary/aromatic N) is 4. The number of H-pyrrole nitrogens is 1. The number of aromatic amines is 1. The van der Waals surface area contributed by atoms with Crippen molar-refractivity contribution in [1.82, 2.24) is 25.0 Å². The summed E-state index contributed by atoms with van der Waals surface area (Å²) >= 11 is 0. The lowest BCUT2D eigenvalue weighted by Gasteiger charge is -2.32. The average Bonchev–Trinajstić information content (AvgIpc) is 3.49. The van der Waals surface area contributed by atoms with E-state index in [0.29, 0.717) is 31.2 Å². The van der Waals surface area contributed by atoms with Crippen molar-refractivity contribution in [2.24, 2.45) is 0 Å². The highest BCUT2D eigenvalue weighted by atomic mass is 19.1. The van der Waals surface area contributed by atoms with Crippen molar-refractivity contribution in [1.29, 1.82) is 0 Å². The van der Waals surface area contributed by atoms with Crippen LogP contribution in [0.1, 0.15) is 28.9 Å². The summed E-state index contributed by atoms with van der Waals surface area (Å²) in [5, 5.41) is 6.58. The van der Waals surface area contributed by atoms with Crippen LogP contribution in [0.4, 0.5) is 4.39 Å². The Balaban J connectivity index is 1.33. The zero-order valence-corrected chi connectivity index (χ0v) is 17.2. The molecule has 6 nitrogen and oxygen atoms in total. The molecule has 0 saturated heterocycles. The van der Waals surface area contributed by atoms with Gasteiger partial charge in [-0.05, 0) is 34.5 Å². The van der Waals surface area contributed by atoms with Crippen LogP contribution in [-0.4, -0.2) is 25.0 Å². The van der Waals surface area contributed by atoms with Crippen molar-refractivity contribution in [2.75, 3.05) is 0 Å². The molecule has 0 fully saturated rings. The van der Waals surface area contributed by atoms with Crippen LogP contribution < -0.4 is 0 Å². The molecule has 1 atom stereocenters. The van der Waals surface area contributed by atoms with E-state index in [9.17, 15) is 4.39 Å². The maximum atomic E-state index is 13.4. The maximum Gasteiger partial charge on any atom is 0.244 e. The average molecular weight is 425 g/mol. The molecular weight excluding hydrogens is 405 g/mol. The molecule has 1 N–H and O–H groups in total. The van der Waals surface area contributed by atoms with Gasteiger partial charge in [0.1, 0.15) is 5.82 Å². The van der Waals surface area contributed by atoms with Gasteiger partial charge in [0.15, 0.2) is 0 Å². The Morgan fingerprint density at radius 2 is 1.88 bits per heavy atom. The lowest BCUT2D eigenvalue weighted by Crippen LogP contribution is -2.34. The Labute approximate surface area is 183 Å². The van der Waals surface area contributed by atoms with Gasteiger partial charge in [-0.2, -0.15) is 4.98 Å². The molecule has 3 aromatic carbocycles. The van der Waals surface area contributed by atoms with Crippen molar-refractivity contribution in [3.8, 4) is 11.4 Å². The van der Waals surface area contributed by atoms with Crippen LogP contribution >= 0.6 is 0 Å². The van der Waals surface area contributed by atoms with Crippen LogP contribution in [-0.2, 0) is 19.5 Å². The largest absolute Gasteiger partial charge is 0.347 e. The summed E-state index contributed by atoms with van der Waals surface area (Å²) < 4.78 is 19.1. The molecule has 1 aliphatic heterocycles. The van der Waals surface area contributed by atoms with Crippen LogP contribution in [0.2, 0.25) is 0 Å². The van der Waals surface area contributed by atoms with Gasteiger partial charge in [0.25, 0.3) is 0 Å². The van der Waals surface area contributed by atoms with E-state index in [1.165, 1.54) is 17.5 Å². The molecule has 2 aromatic heterocycles. The van der Waals surface area contributed by atoms with Gasteiger partial charge in [-0.3, -0.25) is 4.90 Å². The fourth-order valence-electron chi connectivity index (χ4n) is 4.34. The summed E-state index contributed by atoms with van der Waals surface area (Å²) in [4.78, 5) is 14.7. The number of benzene rings is 3. The summed E-state index contributed by atoms with van der Waals surface area (Å²) in [6.45, 7) is 1.31. The first kappa shape index (κ1) is 18.9. The lowest BCUT2D eigenvalue weighted by atomic mass is 10.0. The second kappa shape index (κ2) is 7.69. The zero-order valence-electron chi connectivity index (χ0n) is 17.2. The monoisotopic (exact) mass is 425 g/mol. The van der Waals surface area contributed by atoms with E-state index in [1.54, 1.807) is 6.33 Å². The zero-order chi connectivity index (χ0) is 21.5. The quantitative estimate of drug-likeness (QED) is 0.436.